The molecule has 7 heteroatoms. The van der Waals surface area contributed by atoms with Gasteiger partial charge in [0.15, 0.2) is 9.84 Å². The van der Waals surface area contributed by atoms with Crippen molar-refractivity contribution in [1.29, 1.82) is 0 Å². The number of benzene rings is 1. The molecule has 0 amide bonds. The van der Waals surface area contributed by atoms with Gasteiger partial charge in [0.2, 0.25) is 0 Å². The summed E-state index contributed by atoms with van der Waals surface area (Å²) in [6, 6.07) is 5.40. The summed E-state index contributed by atoms with van der Waals surface area (Å²) >= 11 is 5.63. The first-order valence-electron chi connectivity index (χ1n) is 5.14. The Morgan fingerprint density at radius 3 is 2.33 bits per heavy atom. The number of alkyl halides is 1. The van der Waals surface area contributed by atoms with Crippen LogP contribution in [0, 0.1) is 5.92 Å². The van der Waals surface area contributed by atoms with Gasteiger partial charge < -0.3 is 5.11 Å². The Balaban J connectivity index is 2.93. The van der Waals surface area contributed by atoms with Crippen LogP contribution in [0.5, 0.6) is 0 Å². The fourth-order valence-electron chi connectivity index (χ4n) is 1.41. The summed E-state index contributed by atoms with van der Waals surface area (Å²) in [5.41, 5.74) is 0. The second-order valence-corrected chi connectivity index (χ2v) is 6.22. The third kappa shape index (κ3) is 3.96. The second kappa shape index (κ2) is 6.15. The van der Waals surface area contributed by atoms with Gasteiger partial charge in [-0.25, -0.2) is 8.42 Å². The van der Waals surface area contributed by atoms with Crippen molar-refractivity contribution in [3.63, 3.8) is 0 Å². The van der Waals surface area contributed by atoms with Gasteiger partial charge in [0.1, 0.15) is 0 Å². The number of aliphatic carboxylic acids is 1. The van der Waals surface area contributed by atoms with Gasteiger partial charge in [-0.1, -0.05) is 11.6 Å². The zero-order valence-corrected chi connectivity index (χ0v) is 10.9. The Bertz CT molecular complexity index is 512. The van der Waals surface area contributed by atoms with E-state index in [1.807, 2.05) is 0 Å². The molecule has 0 spiro atoms. The minimum Gasteiger partial charge on any atom is -0.481 e. The zero-order valence-electron chi connectivity index (χ0n) is 9.34. The largest absolute Gasteiger partial charge is 0.481 e. The van der Waals surface area contributed by atoms with E-state index in [4.69, 9.17) is 16.7 Å². The molecule has 1 N–H and O–H groups in total. The molecule has 0 aromatic heterocycles. The second-order valence-electron chi connectivity index (χ2n) is 3.75. The smallest absolute Gasteiger partial charge is 0.307 e. The van der Waals surface area contributed by atoms with Crippen molar-refractivity contribution in [1.82, 2.24) is 0 Å². The van der Waals surface area contributed by atoms with Crippen molar-refractivity contribution in [2.24, 2.45) is 5.92 Å². The first-order valence-corrected chi connectivity index (χ1v) is 7.17. The number of carboxylic acids is 1. The standard InChI is InChI=1S/C11H12ClFO4S/c12-9-1-3-10(4-2-9)18(16,17)7-8(5-6-13)11(14)15/h1-4,8H,5-7H2,(H,14,15)/t8-/m0/s1. The van der Waals surface area contributed by atoms with Crippen LogP contribution in [0.4, 0.5) is 4.39 Å². The molecule has 0 aliphatic heterocycles. The van der Waals surface area contributed by atoms with E-state index in [1.165, 1.54) is 24.3 Å². The molecule has 0 aliphatic carbocycles. The lowest BCUT2D eigenvalue weighted by Gasteiger charge is -2.11. The predicted molar refractivity (Wildman–Crippen MR) is 65.2 cm³/mol. The highest BCUT2D eigenvalue weighted by Crippen LogP contribution is 2.19. The van der Waals surface area contributed by atoms with Crippen LogP contribution in [0.3, 0.4) is 0 Å². The van der Waals surface area contributed by atoms with Gasteiger partial charge in [-0.2, -0.15) is 0 Å². The highest BCUT2D eigenvalue weighted by Gasteiger charge is 2.26. The molecule has 0 radical (unpaired) electrons. The summed E-state index contributed by atoms with van der Waals surface area (Å²) in [6.07, 6.45) is -0.317. The van der Waals surface area contributed by atoms with E-state index < -0.39 is 34.2 Å². The molecule has 0 unspecified atom stereocenters. The molecule has 0 saturated heterocycles. The maximum atomic E-state index is 12.2. The van der Waals surface area contributed by atoms with E-state index in [0.717, 1.165) is 0 Å². The summed E-state index contributed by atoms with van der Waals surface area (Å²) in [7, 11) is -3.75. The lowest BCUT2D eigenvalue weighted by atomic mass is 10.1. The molecule has 1 atom stereocenters. The first kappa shape index (κ1) is 14.9. The van der Waals surface area contributed by atoms with Gasteiger partial charge in [-0.3, -0.25) is 9.18 Å². The van der Waals surface area contributed by atoms with Crippen LogP contribution in [0.2, 0.25) is 5.02 Å². The fraction of sp³-hybridized carbons (Fsp3) is 0.364. The average Bonchev–Trinajstić information content (AvgIpc) is 2.28. The van der Waals surface area contributed by atoms with Crippen LogP contribution < -0.4 is 0 Å². The normalized spacial score (nSPS) is 13.2. The molecule has 0 bridgehead atoms. The van der Waals surface area contributed by atoms with Crippen LogP contribution in [0.1, 0.15) is 6.42 Å². The monoisotopic (exact) mass is 294 g/mol. The third-order valence-electron chi connectivity index (χ3n) is 2.40. The van der Waals surface area contributed by atoms with Gasteiger partial charge in [0.25, 0.3) is 0 Å². The first-order chi connectivity index (χ1) is 8.36. The summed E-state index contributed by atoms with van der Waals surface area (Å²) < 4.78 is 36.0. The number of rotatable bonds is 6. The molecular weight excluding hydrogens is 283 g/mol. The van der Waals surface area contributed by atoms with E-state index in [-0.39, 0.29) is 11.3 Å². The van der Waals surface area contributed by atoms with Crippen LogP contribution in [0.25, 0.3) is 0 Å². The topological polar surface area (TPSA) is 71.4 Å². The highest BCUT2D eigenvalue weighted by molar-refractivity contribution is 7.91. The van der Waals surface area contributed by atoms with Crippen molar-refractivity contribution < 1.29 is 22.7 Å². The van der Waals surface area contributed by atoms with Crippen LogP contribution >= 0.6 is 11.6 Å². The van der Waals surface area contributed by atoms with Crippen LogP contribution in [0.15, 0.2) is 29.2 Å². The van der Waals surface area contributed by atoms with Crippen molar-refractivity contribution in [3.8, 4) is 0 Å². The number of hydrogen-bond acceptors (Lipinski definition) is 3. The molecule has 0 saturated carbocycles. The molecule has 0 fully saturated rings. The Labute approximate surface area is 109 Å². The summed E-state index contributed by atoms with van der Waals surface area (Å²) in [6.45, 7) is -0.868. The van der Waals surface area contributed by atoms with Crippen LogP contribution in [-0.4, -0.2) is 31.9 Å². The highest BCUT2D eigenvalue weighted by atomic mass is 35.5. The van der Waals surface area contributed by atoms with Gasteiger partial charge in [0.05, 0.1) is 23.2 Å². The number of sulfone groups is 1. The van der Waals surface area contributed by atoms with E-state index in [2.05, 4.69) is 0 Å². The molecule has 0 aliphatic rings. The Kier molecular flexibility index (Phi) is 5.10. The Hall–Kier alpha value is -1.14. The zero-order chi connectivity index (χ0) is 13.8. The summed E-state index contributed by atoms with van der Waals surface area (Å²) in [5.74, 6) is -3.17. The van der Waals surface area contributed by atoms with Gasteiger partial charge >= 0.3 is 5.97 Å². The summed E-state index contributed by atoms with van der Waals surface area (Å²) in [4.78, 5) is 10.8. The van der Waals surface area contributed by atoms with E-state index in [9.17, 15) is 17.6 Å². The molecule has 4 nitrogen and oxygen atoms in total. The molecule has 1 aromatic rings. The van der Waals surface area contributed by atoms with Crippen molar-refractivity contribution >= 4 is 27.4 Å². The minimum atomic E-state index is -3.75. The van der Waals surface area contributed by atoms with Gasteiger partial charge in [-0.05, 0) is 30.7 Å². The van der Waals surface area contributed by atoms with Crippen molar-refractivity contribution in [2.45, 2.75) is 11.3 Å². The molecule has 1 rings (SSSR count). The molecule has 1 aromatic carbocycles. The molecule has 100 valence electrons. The fourth-order valence-corrected chi connectivity index (χ4v) is 3.12. The predicted octanol–water partition coefficient (Wildman–Crippen LogP) is 2.17. The summed E-state index contributed by atoms with van der Waals surface area (Å²) in [5, 5.41) is 9.19. The van der Waals surface area contributed by atoms with E-state index in [0.29, 0.717) is 5.02 Å². The maximum Gasteiger partial charge on any atom is 0.307 e. The van der Waals surface area contributed by atoms with Gasteiger partial charge in [0, 0.05) is 5.02 Å². The quantitative estimate of drug-likeness (QED) is 0.873. The number of hydrogen-bond donors (Lipinski definition) is 1. The molecular formula is C11H12ClFO4S. The van der Waals surface area contributed by atoms with E-state index >= 15 is 0 Å². The maximum absolute atomic E-state index is 12.2. The van der Waals surface area contributed by atoms with Crippen molar-refractivity contribution in [2.75, 3.05) is 12.4 Å². The lowest BCUT2D eigenvalue weighted by molar-refractivity contribution is -0.141. The average molecular weight is 295 g/mol. The minimum absolute atomic E-state index is 0.0167. The van der Waals surface area contributed by atoms with Gasteiger partial charge in [-0.15, -0.1) is 0 Å². The van der Waals surface area contributed by atoms with Crippen molar-refractivity contribution in [3.05, 3.63) is 29.3 Å². The number of carboxylic acid groups (broad SMARTS) is 1. The SMILES string of the molecule is O=C(O)[C@@H](CCF)CS(=O)(=O)c1ccc(Cl)cc1. The molecule has 0 heterocycles. The van der Waals surface area contributed by atoms with Crippen LogP contribution in [-0.2, 0) is 14.6 Å². The Morgan fingerprint density at radius 1 is 1.33 bits per heavy atom. The molecule has 18 heavy (non-hydrogen) atoms. The number of halogens is 2. The number of carbonyl (C=O) groups is 1. The third-order valence-corrected chi connectivity index (χ3v) is 4.48. The lowest BCUT2D eigenvalue weighted by Crippen LogP contribution is -2.24. The van der Waals surface area contributed by atoms with E-state index in [1.54, 1.807) is 0 Å². The Morgan fingerprint density at radius 2 is 1.89 bits per heavy atom.